The van der Waals surface area contributed by atoms with E-state index in [0.29, 0.717) is 18.9 Å². The first-order chi connectivity index (χ1) is 18.6. The number of amides is 1. The minimum atomic E-state index is -0.693. The Balaban J connectivity index is 1.70. The minimum Gasteiger partial charge on any atom is -0.481 e. The molecule has 0 radical (unpaired) electrons. The van der Waals surface area contributed by atoms with Crippen LogP contribution in [0.4, 0.5) is 4.39 Å². The summed E-state index contributed by atoms with van der Waals surface area (Å²) in [5, 5.41) is 18.0. The largest absolute Gasteiger partial charge is 0.481 e. The van der Waals surface area contributed by atoms with Gasteiger partial charge in [-0.1, -0.05) is 25.5 Å². The molecular formula is C31H41FN4O3. The molecule has 0 spiro atoms. The number of carboxylic acids is 1. The van der Waals surface area contributed by atoms with Gasteiger partial charge in [0.2, 0.25) is 0 Å². The van der Waals surface area contributed by atoms with Gasteiger partial charge in [-0.15, -0.1) is 5.10 Å². The number of amidine groups is 1. The molecule has 1 aliphatic heterocycles. The molecule has 1 amide bonds. The van der Waals surface area contributed by atoms with E-state index in [-0.39, 0.29) is 11.5 Å². The summed E-state index contributed by atoms with van der Waals surface area (Å²) in [6.07, 6.45) is 4.31. The number of nitrogens with zero attached hydrogens (tertiary/aromatic N) is 4. The van der Waals surface area contributed by atoms with Gasteiger partial charge in [0.25, 0.3) is 5.91 Å². The molecule has 1 heterocycles. The molecule has 2 aromatic carbocycles. The smallest absolute Gasteiger partial charge is 0.307 e. The van der Waals surface area contributed by atoms with Gasteiger partial charge in [-0.25, -0.2) is 4.39 Å². The van der Waals surface area contributed by atoms with Gasteiger partial charge in [0.1, 0.15) is 11.7 Å². The van der Waals surface area contributed by atoms with Crippen molar-refractivity contribution in [1.29, 1.82) is 0 Å². The summed E-state index contributed by atoms with van der Waals surface area (Å²) >= 11 is 0. The number of benzene rings is 2. The minimum absolute atomic E-state index is 0.0251. The SMILES string of the molecule is CCCCN(C(=O)c1ccccc1F)/C(C)=N/N=C(\C)c1cc(C)c(CCCN2CCC(C(=O)O)C2)c(C)c1. The summed E-state index contributed by atoms with van der Waals surface area (Å²) in [5.74, 6) is -1.47. The predicted molar refractivity (Wildman–Crippen MR) is 154 cm³/mol. The average molecular weight is 537 g/mol. The van der Waals surface area contributed by atoms with E-state index >= 15 is 0 Å². The van der Waals surface area contributed by atoms with Gasteiger partial charge in [-0.2, -0.15) is 5.10 Å². The van der Waals surface area contributed by atoms with Gasteiger partial charge >= 0.3 is 5.97 Å². The van der Waals surface area contributed by atoms with Crippen LogP contribution >= 0.6 is 0 Å². The van der Waals surface area contributed by atoms with Crippen molar-refractivity contribution < 1.29 is 19.1 Å². The van der Waals surface area contributed by atoms with Crippen molar-refractivity contribution in [3.8, 4) is 0 Å². The van der Waals surface area contributed by atoms with Crippen LogP contribution in [0.15, 0.2) is 46.6 Å². The number of carbonyl (C=O) groups excluding carboxylic acids is 1. The third-order valence-electron chi connectivity index (χ3n) is 7.46. The third kappa shape index (κ3) is 8.05. The highest BCUT2D eigenvalue weighted by Crippen LogP contribution is 2.21. The maximum Gasteiger partial charge on any atom is 0.307 e. The summed E-state index contributed by atoms with van der Waals surface area (Å²) in [6.45, 7) is 12.7. The Kier molecular flexibility index (Phi) is 10.9. The molecule has 1 unspecified atom stereocenters. The molecule has 2 aromatic rings. The number of carbonyl (C=O) groups is 2. The quantitative estimate of drug-likeness (QED) is 0.221. The summed E-state index contributed by atoms with van der Waals surface area (Å²) in [7, 11) is 0. The number of hydrogen-bond donors (Lipinski definition) is 1. The molecule has 7 nitrogen and oxygen atoms in total. The van der Waals surface area contributed by atoms with Crippen molar-refractivity contribution in [3.05, 3.63) is 70.0 Å². The van der Waals surface area contributed by atoms with E-state index in [1.807, 2.05) is 13.8 Å². The molecular weight excluding hydrogens is 495 g/mol. The summed E-state index contributed by atoms with van der Waals surface area (Å²) in [5.41, 5.74) is 5.40. The lowest BCUT2D eigenvalue weighted by Crippen LogP contribution is -2.36. The Morgan fingerprint density at radius 2 is 1.79 bits per heavy atom. The highest BCUT2D eigenvalue weighted by Gasteiger charge is 2.27. The zero-order valence-electron chi connectivity index (χ0n) is 23.8. The number of aliphatic carboxylic acids is 1. The topological polar surface area (TPSA) is 85.6 Å². The normalized spacial score (nSPS) is 16.5. The number of likely N-dealkylation sites (tertiary alicyclic amines) is 1. The monoisotopic (exact) mass is 536 g/mol. The van der Waals surface area contributed by atoms with Gasteiger partial charge in [0, 0.05) is 13.1 Å². The standard InChI is InChI=1S/C31H41FN4O3/c1-6-7-16-36(30(37)28-11-8-9-13-29(28)32)24(5)34-33-23(4)26-18-21(2)27(22(3)19-26)12-10-15-35-17-14-25(20-35)31(38)39/h8-9,11,13,18-19,25H,6-7,10,12,14-17,20H2,1-5H3,(H,38,39)/b33-23+,34-24+. The first-order valence-electron chi connectivity index (χ1n) is 13.8. The fourth-order valence-electron chi connectivity index (χ4n) is 5.08. The summed E-state index contributed by atoms with van der Waals surface area (Å²) in [6, 6.07) is 10.2. The Morgan fingerprint density at radius 3 is 2.41 bits per heavy atom. The van der Waals surface area contributed by atoms with Gasteiger partial charge < -0.3 is 10.0 Å². The van der Waals surface area contributed by atoms with Crippen molar-refractivity contribution in [2.75, 3.05) is 26.2 Å². The Bertz CT molecular complexity index is 1220. The third-order valence-corrected chi connectivity index (χ3v) is 7.46. The molecule has 210 valence electrons. The molecule has 1 saturated heterocycles. The predicted octanol–water partition coefficient (Wildman–Crippen LogP) is 5.87. The van der Waals surface area contributed by atoms with Gasteiger partial charge in [-0.3, -0.25) is 14.5 Å². The number of halogens is 1. The van der Waals surface area contributed by atoms with Gasteiger partial charge in [0.15, 0.2) is 0 Å². The van der Waals surface area contributed by atoms with E-state index in [0.717, 1.165) is 56.5 Å². The molecule has 8 heteroatoms. The second-order valence-corrected chi connectivity index (χ2v) is 10.4. The van der Waals surface area contributed by atoms with Crippen molar-refractivity contribution in [1.82, 2.24) is 9.80 Å². The highest BCUT2D eigenvalue weighted by molar-refractivity contribution is 6.06. The zero-order chi connectivity index (χ0) is 28.5. The van der Waals surface area contributed by atoms with E-state index in [9.17, 15) is 19.1 Å². The van der Waals surface area contributed by atoms with Crippen LogP contribution in [0, 0.1) is 25.6 Å². The fraction of sp³-hybridized carbons (Fsp3) is 0.484. The van der Waals surface area contributed by atoms with Crippen LogP contribution in [0.2, 0.25) is 0 Å². The van der Waals surface area contributed by atoms with E-state index in [4.69, 9.17) is 0 Å². The van der Waals surface area contributed by atoms with E-state index in [1.165, 1.54) is 33.7 Å². The Hall–Kier alpha value is -3.39. The summed E-state index contributed by atoms with van der Waals surface area (Å²) < 4.78 is 14.3. The zero-order valence-corrected chi connectivity index (χ0v) is 23.8. The lowest BCUT2D eigenvalue weighted by Gasteiger charge is -2.21. The summed E-state index contributed by atoms with van der Waals surface area (Å²) in [4.78, 5) is 28.0. The van der Waals surface area contributed by atoms with E-state index in [2.05, 4.69) is 41.1 Å². The molecule has 1 atom stereocenters. The number of rotatable bonds is 11. The van der Waals surface area contributed by atoms with Gasteiger partial charge in [0.05, 0.1) is 17.2 Å². The van der Waals surface area contributed by atoms with Crippen LogP contribution in [0.3, 0.4) is 0 Å². The van der Waals surface area contributed by atoms with E-state index < -0.39 is 17.7 Å². The Morgan fingerprint density at radius 1 is 1.10 bits per heavy atom. The van der Waals surface area contributed by atoms with E-state index in [1.54, 1.807) is 19.1 Å². The number of carboxylic acid groups (broad SMARTS) is 1. The lowest BCUT2D eigenvalue weighted by molar-refractivity contribution is -0.141. The molecule has 3 rings (SSSR count). The average Bonchev–Trinajstić information content (AvgIpc) is 3.38. The number of hydrogen-bond acceptors (Lipinski definition) is 5. The van der Waals surface area contributed by atoms with Crippen molar-refractivity contribution >= 4 is 23.4 Å². The van der Waals surface area contributed by atoms with Crippen molar-refractivity contribution in [2.24, 2.45) is 16.1 Å². The molecule has 1 fully saturated rings. The van der Waals surface area contributed by atoms with Crippen molar-refractivity contribution in [3.63, 3.8) is 0 Å². The first kappa shape index (κ1) is 30.2. The molecule has 0 bridgehead atoms. The molecule has 39 heavy (non-hydrogen) atoms. The fourth-order valence-corrected chi connectivity index (χ4v) is 5.08. The lowest BCUT2D eigenvalue weighted by atomic mass is 9.94. The molecule has 0 aliphatic carbocycles. The maximum atomic E-state index is 14.3. The Labute approximate surface area is 231 Å². The second kappa shape index (κ2) is 14.1. The highest BCUT2D eigenvalue weighted by atomic mass is 19.1. The number of aryl methyl sites for hydroxylation is 2. The van der Waals surface area contributed by atoms with Crippen LogP contribution in [0.25, 0.3) is 0 Å². The van der Waals surface area contributed by atoms with Crippen LogP contribution < -0.4 is 0 Å². The second-order valence-electron chi connectivity index (χ2n) is 10.4. The molecule has 1 N–H and O–H groups in total. The van der Waals surface area contributed by atoms with Crippen LogP contribution in [-0.4, -0.2) is 64.5 Å². The maximum absolute atomic E-state index is 14.3. The molecule has 1 aliphatic rings. The molecule has 0 saturated carbocycles. The van der Waals surface area contributed by atoms with Crippen LogP contribution in [-0.2, 0) is 11.2 Å². The van der Waals surface area contributed by atoms with Crippen LogP contribution in [0.1, 0.15) is 79.1 Å². The van der Waals surface area contributed by atoms with Gasteiger partial charge in [-0.05, 0) is 113 Å². The first-order valence-corrected chi connectivity index (χ1v) is 13.8. The molecule has 0 aromatic heterocycles. The van der Waals surface area contributed by atoms with Crippen molar-refractivity contribution in [2.45, 2.75) is 66.7 Å². The van der Waals surface area contributed by atoms with Crippen LogP contribution in [0.5, 0.6) is 0 Å². The number of unbranched alkanes of at least 4 members (excludes halogenated alkanes) is 1.